The topological polar surface area (TPSA) is 50.2 Å². The van der Waals surface area contributed by atoms with Crippen LogP contribution in [0.4, 0.5) is 4.39 Å². The fourth-order valence-electron chi connectivity index (χ4n) is 1.64. The van der Waals surface area contributed by atoms with Crippen LogP contribution in [0.15, 0.2) is 24.3 Å². The second-order valence-corrected chi connectivity index (χ2v) is 4.86. The van der Waals surface area contributed by atoms with Gasteiger partial charge in [0.25, 0.3) is 0 Å². The number of hydrogen-bond donors (Lipinski definition) is 1. The molecule has 0 radical (unpaired) electrons. The minimum absolute atomic E-state index is 0.274. The summed E-state index contributed by atoms with van der Waals surface area (Å²) in [6, 6.07) is 5.90. The third-order valence-corrected chi connectivity index (χ3v) is 3.60. The van der Waals surface area contributed by atoms with E-state index in [0.717, 1.165) is 23.3 Å². The van der Waals surface area contributed by atoms with E-state index in [9.17, 15) is 9.18 Å². The highest BCUT2D eigenvalue weighted by Crippen LogP contribution is 2.29. The molecule has 0 amide bonds. The van der Waals surface area contributed by atoms with Crippen LogP contribution in [0.3, 0.4) is 0 Å². The number of carbonyl (C=O) groups is 1. The van der Waals surface area contributed by atoms with Gasteiger partial charge in [-0.2, -0.15) is 0 Å². The molecule has 5 heteroatoms. The number of aromatic carboxylic acids is 1. The third-order valence-electron chi connectivity index (χ3n) is 2.47. The quantitative estimate of drug-likeness (QED) is 0.918. The summed E-state index contributed by atoms with van der Waals surface area (Å²) in [5, 5.41) is 9.73. The zero-order chi connectivity index (χ0) is 13.1. The average molecular weight is 265 g/mol. The van der Waals surface area contributed by atoms with Crippen molar-refractivity contribution < 1.29 is 14.3 Å². The van der Waals surface area contributed by atoms with Crippen LogP contribution in [0, 0.1) is 5.82 Å². The Bertz CT molecular complexity index is 563. The molecule has 0 saturated carbocycles. The molecular weight excluding hydrogens is 253 g/mol. The molecule has 0 bridgehead atoms. The van der Waals surface area contributed by atoms with E-state index in [1.165, 1.54) is 12.1 Å². The molecule has 1 aromatic heterocycles. The minimum Gasteiger partial charge on any atom is -0.477 e. The molecule has 18 heavy (non-hydrogen) atoms. The molecule has 0 aliphatic heterocycles. The van der Waals surface area contributed by atoms with Crippen LogP contribution in [0.2, 0.25) is 0 Å². The zero-order valence-electron chi connectivity index (χ0n) is 9.81. The summed E-state index contributed by atoms with van der Waals surface area (Å²) in [4.78, 5) is 15.7. The predicted molar refractivity (Wildman–Crippen MR) is 68.5 cm³/mol. The van der Waals surface area contributed by atoms with Crippen molar-refractivity contribution in [2.75, 3.05) is 0 Å². The van der Waals surface area contributed by atoms with Gasteiger partial charge >= 0.3 is 5.97 Å². The van der Waals surface area contributed by atoms with Gasteiger partial charge in [-0.05, 0) is 30.7 Å². The highest BCUT2D eigenvalue weighted by atomic mass is 32.1. The fourth-order valence-corrected chi connectivity index (χ4v) is 2.60. The summed E-state index contributed by atoms with van der Waals surface area (Å²) in [7, 11) is 0. The molecule has 0 unspecified atom stereocenters. The number of carboxylic acid groups (broad SMARTS) is 1. The van der Waals surface area contributed by atoms with Crippen molar-refractivity contribution >= 4 is 17.3 Å². The molecule has 0 saturated heterocycles. The zero-order valence-corrected chi connectivity index (χ0v) is 10.6. The lowest BCUT2D eigenvalue weighted by atomic mass is 10.2. The number of benzene rings is 1. The summed E-state index contributed by atoms with van der Waals surface area (Å²) >= 11 is 1.13. The number of nitrogens with zero attached hydrogens (tertiary/aromatic N) is 1. The summed E-state index contributed by atoms with van der Waals surface area (Å²) < 4.78 is 12.8. The van der Waals surface area contributed by atoms with Gasteiger partial charge in [0.1, 0.15) is 15.7 Å². The number of rotatable bonds is 4. The van der Waals surface area contributed by atoms with Crippen molar-refractivity contribution in [2.45, 2.75) is 19.8 Å². The van der Waals surface area contributed by atoms with E-state index >= 15 is 0 Å². The second-order valence-electron chi connectivity index (χ2n) is 3.86. The lowest BCUT2D eigenvalue weighted by molar-refractivity contribution is 0.0700. The van der Waals surface area contributed by atoms with Gasteiger partial charge in [-0.1, -0.05) is 13.3 Å². The van der Waals surface area contributed by atoms with Gasteiger partial charge in [0.15, 0.2) is 0 Å². The molecule has 2 rings (SSSR count). The Morgan fingerprint density at radius 2 is 2.06 bits per heavy atom. The van der Waals surface area contributed by atoms with Crippen molar-refractivity contribution in [1.29, 1.82) is 0 Å². The van der Waals surface area contributed by atoms with Crippen LogP contribution in [0.1, 0.15) is 28.7 Å². The number of carboxylic acids is 1. The Morgan fingerprint density at radius 1 is 1.39 bits per heavy atom. The van der Waals surface area contributed by atoms with Gasteiger partial charge in [-0.15, -0.1) is 11.3 Å². The summed E-state index contributed by atoms with van der Waals surface area (Å²) in [5.41, 5.74) is 1.35. The Morgan fingerprint density at radius 3 is 2.61 bits per heavy atom. The monoisotopic (exact) mass is 265 g/mol. The predicted octanol–water partition coefficient (Wildman–Crippen LogP) is 3.60. The first kappa shape index (κ1) is 12.7. The summed E-state index contributed by atoms with van der Waals surface area (Å²) in [5.74, 6) is -1.27. The number of thiazole rings is 1. The molecule has 0 fully saturated rings. The van der Waals surface area contributed by atoms with E-state index in [2.05, 4.69) is 4.98 Å². The molecule has 0 aliphatic rings. The molecule has 3 nitrogen and oxygen atoms in total. The summed E-state index contributed by atoms with van der Waals surface area (Å²) in [6.07, 6.45) is 1.48. The lowest BCUT2D eigenvalue weighted by Gasteiger charge is -1.95. The van der Waals surface area contributed by atoms with E-state index < -0.39 is 5.97 Å². The van der Waals surface area contributed by atoms with E-state index in [4.69, 9.17) is 5.11 Å². The van der Waals surface area contributed by atoms with Crippen LogP contribution in [-0.2, 0) is 6.42 Å². The average Bonchev–Trinajstić information content (AvgIpc) is 2.75. The first-order valence-electron chi connectivity index (χ1n) is 5.60. The summed E-state index contributed by atoms with van der Waals surface area (Å²) in [6.45, 7) is 1.97. The Labute approximate surface area is 108 Å². The van der Waals surface area contributed by atoms with Crippen LogP contribution in [0.25, 0.3) is 10.6 Å². The normalized spacial score (nSPS) is 10.6. The first-order chi connectivity index (χ1) is 8.61. The van der Waals surface area contributed by atoms with Gasteiger partial charge < -0.3 is 5.11 Å². The van der Waals surface area contributed by atoms with Crippen molar-refractivity contribution in [2.24, 2.45) is 0 Å². The van der Waals surface area contributed by atoms with Crippen LogP contribution in [0.5, 0.6) is 0 Å². The highest BCUT2D eigenvalue weighted by molar-refractivity contribution is 7.17. The standard InChI is InChI=1S/C13H12FNO2S/c1-2-3-10-11(13(16)17)18-12(15-10)8-4-6-9(14)7-5-8/h4-7H,2-3H2,1H3,(H,16,17). The molecule has 2 aromatic rings. The molecular formula is C13H12FNO2S. The number of aryl methyl sites for hydroxylation is 1. The van der Waals surface area contributed by atoms with E-state index in [1.54, 1.807) is 12.1 Å². The maximum Gasteiger partial charge on any atom is 0.347 e. The van der Waals surface area contributed by atoms with Crippen molar-refractivity contribution in [3.05, 3.63) is 40.7 Å². The molecule has 0 spiro atoms. The second kappa shape index (κ2) is 5.27. The van der Waals surface area contributed by atoms with E-state index in [0.29, 0.717) is 17.1 Å². The van der Waals surface area contributed by atoms with Crippen LogP contribution in [-0.4, -0.2) is 16.1 Å². The van der Waals surface area contributed by atoms with Crippen molar-refractivity contribution in [3.63, 3.8) is 0 Å². The van der Waals surface area contributed by atoms with Crippen LogP contribution < -0.4 is 0 Å². The Kier molecular flexibility index (Phi) is 3.72. The number of halogens is 1. The van der Waals surface area contributed by atoms with Gasteiger partial charge in [0.05, 0.1) is 5.69 Å². The molecule has 1 N–H and O–H groups in total. The first-order valence-corrected chi connectivity index (χ1v) is 6.42. The van der Waals surface area contributed by atoms with Gasteiger partial charge in [-0.25, -0.2) is 14.2 Å². The smallest absolute Gasteiger partial charge is 0.347 e. The number of aromatic nitrogens is 1. The maximum atomic E-state index is 12.8. The highest BCUT2D eigenvalue weighted by Gasteiger charge is 2.17. The van der Waals surface area contributed by atoms with E-state index in [1.807, 2.05) is 6.92 Å². The van der Waals surface area contributed by atoms with Crippen molar-refractivity contribution in [1.82, 2.24) is 4.98 Å². The van der Waals surface area contributed by atoms with Gasteiger partial charge in [0.2, 0.25) is 0 Å². The minimum atomic E-state index is -0.954. The van der Waals surface area contributed by atoms with Crippen molar-refractivity contribution in [3.8, 4) is 10.6 Å². The maximum absolute atomic E-state index is 12.8. The Hall–Kier alpha value is -1.75. The molecule has 1 heterocycles. The number of hydrogen-bond acceptors (Lipinski definition) is 3. The van der Waals surface area contributed by atoms with E-state index in [-0.39, 0.29) is 10.7 Å². The van der Waals surface area contributed by atoms with Gasteiger partial charge in [0, 0.05) is 5.56 Å². The lowest BCUT2D eigenvalue weighted by Crippen LogP contribution is -1.98. The SMILES string of the molecule is CCCc1nc(-c2ccc(F)cc2)sc1C(=O)O. The molecule has 94 valence electrons. The molecule has 1 aromatic carbocycles. The molecule has 0 aliphatic carbocycles. The largest absolute Gasteiger partial charge is 0.477 e. The fraction of sp³-hybridized carbons (Fsp3) is 0.231. The van der Waals surface area contributed by atoms with Gasteiger partial charge in [-0.3, -0.25) is 0 Å². The van der Waals surface area contributed by atoms with Crippen LogP contribution >= 0.6 is 11.3 Å². The third kappa shape index (κ3) is 2.56. The Balaban J connectivity index is 2.42. The molecule has 0 atom stereocenters.